The number of likely N-dealkylation sites (tertiary alicyclic amines) is 2. The van der Waals surface area contributed by atoms with E-state index in [1.165, 1.54) is 18.4 Å². The minimum absolute atomic E-state index is 0.0775. The smallest absolute Gasteiger partial charge is 0.230 e. The lowest BCUT2D eigenvalue weighted by molar-refractivity contribution is -0.145. The molecule has 0 aromatic heterocycles. The van der Waals surface area contributed by atoms with Crippen molar-refractivity contribution < 1.29 is 4.79 Å². The summed E-state index contributed by atoms with van der Waals surface area (Å²) < 4.78 is 0. The van der Waals surface area contributed by atoms with Crippen molar-refractivity contribution in [2.24, 2.45) is 11.3 Å². The molecule has 0 radical (unpaired) electrons. The van der Waals surface area contributed by atoms with Crippen molar-refractivity contribution in [2.75, 3.05) is 32.7 Å². The topological polar surface area (TPSA) is 23.6 Å². The van der Waals surface area contributed by atoms with E-state index >= 15 is 0 Å². The molecule has 3 heteroatoms. The molecule has 2 aliphatic heterocycles. The molecule has 1 unspecified atom stereocenters. The van der Waals surface area contributed by atoms with Gasteiger partial charge in [-0.2, -0.15) is 0 Å². The summed E-state index contributed by atoms with van der Waals surface area (Å²) in [4.78, 5) is 17.8. The van der Waals surface area contributed by atoms with Gasteiger partial charge >= 0.3 is 0 Å². The molecule has 1 atom stereocenters. The number of piperidine rings is 1. The van der Waals surface area contributed by atoms with Crippen LogP contribution < -0.4 is 0 Å². The minimum Gasteiger partial charge on any atom is -0.342 e. The first-order valence-corrected chi connectivity index (χ1v) is 9.65. The van der Waals surface area contributed by atoms with Crippen LogP contribution >= 0.6 is 0 Å². The molecule has 0 N–H and O–H groups in total. The third kappa shape index (κ3) is 4.00. The Labute approximate surface area is 147 Å². The van der Waals surface area contributed by atoms with Gasteiger partial charge in [-0.05, 0) is 56.7 Å². The number of hydrogen-bond donors (Lipinski definition) is 0. The zero-order valence-corrected chi connectivity index (χ0v) is 15.3. The van der Waals surface area contributed by atoms with Crippen LogP contribution in [-0.4, -0.2) is 48.4 Å². The fraction of sp³-hybridized carbons (Fsp3) is 0.667. The van der Waals surface area contributed by atoms with Crippen LogP contribution in [0.25, 0.3) is 0 Å². The first-order valence-electron chi connectivity index (χ1n) is 9.65. The number of carbonyl (C=O) groups excluding carboxylic acids is 1. The highest BCUT2D eigenvalue weighted by Gasteiger charge is 2.47. The van der Waals surface area contributed by atoms with E-state index in [2.05, 4.69) is 54.0 Å². The summed E-state index contributed by atoms with van der Waals surface area (Å²) in [5.41, 5.74) is 1.25. The molecule has 132 valence electrons. The van der Waals surface area contributed by atoms with Gasteiger partial charge in [0.05, 0.1) is 5.41 Å². The van der Waals surface area contributed by atoms with E-state index in [9.17, 15) is 4.79 Å². The van der Waals surface area contributed by atoms with Crippen LogP contribution in [0.3, 0.4) is 0 Å². The zero-order chi connectivity index (χ0) is 17.0. The summed E-state index contributed by atoms with van der Waals surface area (Å²) >= 11 is 0. The summed E-state index contributed by atoms with van der Waals surface area (Å²) in [6, 6.07) is 10.5. The average Bonchev–Trinajstić information content (AvgIpc) is 3.00. The molecule has 0 aliphatic carbocycles. The Bertz CT molecular complexity index is 542. The van der Waals surface area contributed by atoms with Crippen LogP contribution in [0.15, 0.2) is 30.3 Å². The molecule has 1 spiro atoms. The van der Waals surface area contributed by atoms with Gasteiger partial charge in [0, 0.05) is 19.6 Å². The molecule has 3 rings (SSSR count). The summed E-state index contributed by atoms with van der Waals surface area (Å²) in [6.07, 6.45) is 5.53. The van der Waals surface area contributed by atoms with E-state index in [0.717, 1.165) is 57.9 Å². The molecule has 0 bridgehead atoms. The maximum atomic E-state index is 13.2. The number of hydrogen-bond acceptors (Lipinski definition) is 2. The van der Waals surface area contributed by atoms with E-state index in [0.29, 0.717) is 5.91 Å². The second-order valence-electron chi connectivity index (χ2n) is 8.12. The average molecular weight is 329 g/mol. The number of amides is 1. The van der Waals surface area contributed by atoms with Crippen molar-refractivity contribution in [1.29, 1.82) is 0 Å². The molecule has 2 aliphatic rings. The van der Waals surface area contributed by atoms with E-state index in [-0.39, 0.29) is 5.41 Å². The van der Waals surface area contributed by atoms with E-state index < -0.39 is 0 Å². The Balaban J connectivity index is 1.57. The summed E-state index contributed by atoms with van der Waals surface area (Å²) in [7, 11) is 0. The second-order valence-corrected chi connectivity index (χ2v) is 8.12. The first kappa shape index (κ1) is 17.5. The zero-order valence-electron chi connectivity index (χ0n) is 15.3. The Morgan fingerprint density at radius 2 is 1.88 bits per heavy atom. The highest BCUT2D eigenvalue weighted by molar-refractivity contribution is 5.84. The summed E-state index contributed by atoms with van der Waals surface area (Å²) in [6.45, 7) is 9.62. The van der Waals surface area contributed by atoms with E-state index in [1.54, 1.807) is 0 Å². The predicted octanol–water partition coefficient (Wildman–Crippen LogP) is 3.59. The van der Waals surface area contributed by atoms with Gasteiger partial charge in [0.2, 0.25) is 5.91 Å². The number of rotatable bonds is 6. The van der Waals surface area contributed by atoms with Gasteiger partial charge in [-0.15, -0.1) is 0 Å². The molecule has 1 amide bonds. The fourth-order valence-corrected chi connectivity index (χ4v) is 4.24. The van der Waals surface area contributed by atoms with Crippen molar-refractivity contribution >= 4 is 5.91 Å². The van der Waals surface area contributed by atoms with Gasteiger partial charge in [0.1, 0.15) is 0 Å². The normalized spacial score (nSPS) is 25.1. The molecule has 2 fully saturated rings. The molecular weight excluding hydrogens is 296 g/mol. The van der Waals surface area contributed by atoms with Gasteiger partial charge in [-0.1, -0.05) is 44.2 Å². The maximum absolute atomic E-state index is 13.2. The lowest BCUT2D eigenvalue weighted by Crippen LogP contribution is -2.50. The summed E-state index contributed by atoms with van der Waals surface area (Å²) in [5.74, 6) is 1.17. The van der Waals surface area contributed by atoms with Crippen molar-refractivity contribution in [3.05, 3.63) is 35.9 Å². The van der Waals surface area contributed by atoms with Gasteiger partial charge in [-0.25, -0.2) is 0 Å². The standard InChI is InChI=1S/C21H32N2O/c1-18(2)9-14-22-16-12-21(17-22)11-6-13-23(20(21)24)15-10-19-7-4-3-5-8-19/h3-5,7-8,18H,6,9-17H2,1-2H3. The Kier molecular flexibility index (Phi) is 5.60. The van der Waals surface area contributed by atoms with Crippen LogP contribution in [0.2, 0.25) is 0 Å². The first-order chi connectivity index (χ1) is 11.6. The van der Waals surface area contributed by atoms with Crippen LogP contribution in [0.5, 0.6) is 0 Å². The fourth-order valence-electron chi connectivity index (χ4n) is 4.24. The van der Waals surface area contributed by atoms with Gasteiger partial charge in [-0.3, -0.25) is 4.79 Å². The van der Waals surface area contributed by atoms with Crippen LogP contribution in [0.4, 0.5) is 0 Å². The Morgan fingerprint density at radius 1 is 1.08 bits per heavy atom. The molecule has 1 aromatic carbocycles. The third-order valence-electron chi connectivity index (χ3n) is 5.79. The maximum Gasteiger partial charge on any atom is 0.230 e. The van der Waals surface area contributed by atoms with Crippen molar-refractivity contribution in [1.82, 2.24) is 9.80 Å². The van der Waals surface area contributed by atoms with Crippen molar-refractivity contribution in [2.45, 2.75) is 46.0 Å². The predicted molar refractivity (Wildman–Crippen MR) is 98.9 cm³/mol. The van der Waals surface area contributed by atoms with Gasteiger partial charge in [0.25, 0.3) is 0 Å². The number of carbonyl (C=O) groups is 1. The minimum atomic E-state index is -0.0775. The third-order valence-corrected chi connectivity index (χ3v) is 5.79. The SMILES string of the molecule is CC(C)CCN1CCC2(CCCN(CCc3ccccc3)C2=O)C1. The molecule has 2 saturated heterocycles. The number of benzene rings is 1. The molecule has 3 nitrogen and oxygen atoms in total. The highest BCUT2D eigenvalue weighted by atomic mass is 16.2. The Hall–Kier alpha value is -1.35. The number of nitrogens with zero attached hydrogens (tertiary/aromatic N) is 2. The molecule has 0 saturated carbocycles. The molecule has 1 aromatic rings. The monoisotopic (exact) mass is 328 g/mol. The van der Waals surface area contributed by atoms with E-state index in [4.69, 9.17) is 0 Å². The van der Waals surface area contributed by atoms with Crippen LogP contribution in [0.1, 0.15) is 45.1 Å². The van der Waals surface area contributed by atoms with Crippen LogP contribution in [-0.2, 0) is 11.2 Å². The molecule has 24 heavy (non-hydrogen) atoms. The second kappa shape index (κ2) is 7.69. The van der Waals surface area contributed by atoms with Crippen LogP contribution in [0, 0.1) is 11.3 Å². The largest absolute Gasteiger partial charge is 0.342 e. The van der Waals surface area contributed by atoms with Crippen molar-refractivity contribution in [3.63, 3.8) is 0 Å². The highest BCUT2D eigenvalue weighted by Crippen LogP contribution is 2.40. The quantitative estimate of drug-likeness (QED) is 0.797. The van der Waals surface area contributed by atoms with Crippen molar-refractivity contribution in [3.8, 4) is 0 Å². The Morgan fingerprint density at radius 3 is 2.62 bits per heavy atom. The lowest BCUT2D eigenvalue weighted by Gasteiger charge is -2.39. The molecule has 2 heterocycles. The van der Waals surface area contributed by atoms with Gasteiger partial charge in [0.15, 0.2) is 0 Å². The molecular formula is C21H32N2O. The van der Waals surface area contributed by atoms with Gasteiger partial charge < -0.3 is 9.80 Å². The van der Waals surface area contributed by atoms with E-state index in [1.807, 2.05) is 0 Å². The summed E-state index contributed by atoms with van der Waals surface area (Å²) in [5, 5.41) is 0. The lowest BCUT2D eigenvalue weighted by atomic mass is 9.78.